The van der Waals surface area contributed by atoms with Gasteiger partial charge in [-0.3, -0.25) is 14.4 Å². The molecule has 0 spiro atoms. The molecular formula is C20H37N3O7. The number of carbonyl (C=O) groups is 4. The Hall–Kier alpha value is -2.04. The Morgan fingerprint density at radius 3 is 1.93 bits per heavy atom. The number of ether oxygens (including phenoxy) is 3. The standard InChI is InChI=1S/C20H37N3O7/c1-20(14-28-11-7-17(21)25,15-29-12-8-18(22)26)16-30-13-19(27)23-9-5-3-2-4-6-10-24/h10H,2-9,11-16H2,1H3,(H2,21,25)(H2,22,26)(H,23,27). The van der Waals surface area contributed by atoms with E-state index in [0.717, 1.165) is 32.0 Å². The number of primary amides is 2. The van der Waals surface area contributed by atoms with E-state index < -0.39 is 17.2 Å². The number of unbranched alkanes of at least 4 members (excludes halogenated alkanes) is 4. The highest BCUT2D eigenvalue weighted by Gasteiger charge is 2.26. The van der Waals surface area contributed by atoms with Crippen LogP contribution in [0, 0.1) is 5.41 Å². The molecule has 30 heavy (non-hydrogen) atoms. The van der Waals surface area contributed by atoms with Gasteiger partial charge < -0.3 is 35.8 Å². The molecule has 0 aromatic rings. The number of rotatable bonds is 21. The lowest BCUT2D eigenvalue weighted by Crippen LogP contribution is -2.37. The number of nitrogens with one attached hydrogen (secondary N) is 1. The van der Waals surface area contributed by atoms with Crippen LogP contribution in [0.4, 0.5) is 0 Å². The van der Waals surface area contributed by atoms with E-state index in [1.54, 1.807) is 0 Å². The van der Waals surface area contributed by atoms with Gasteiger partial charge in [-0.05, 0) is 12.8 Å². The van der Waals surface area contributed by atoms with E-state index in [4.69, 9.17) is 25.7 Å². The molecule has 0 unspecified atom stereocenters. The van der Waals surface area contributed by atoms with Gasteiger partial charge in [-0.25, -0.2) is 0 Å². The molecule has 0 aliphatic heterocycles. The minimum atomic E-state index is -0.575. The quantitative estimate of drug-likeness (QED) is 0.171. The molecule has 3 amide bonds. The van der Waals surface area contributed by atoms with Crippen LogP contribution in [0.3, 0.4) is 0 Å². The zero-order valence-electron chi connectivity index (χ0n) is 18.0. The summed E-state index contributed by atoms with van der Waals surface area (Å²) >= 11 is 0. The first-order valence-electron chi connectivity index (χ1n) is 10.3. The lowest BCUT2D eigenvalue weighted by Gasteiger charge is -2.29. The van der Waals surface area contributed by atoms with Crippen LogP contribution in [0.15, 0.2) is 0 Å². The lowest BCUT2D eigenvalue weighted by atomic mass is 9.94. The highest BCUT2D eigenvalue weighted by molar-refractivity contribution is 5.77. The third-order valence-electron chi connectivity index (χ3n) is 4.14. The third kappa shape index (κ3) is 18.0. The normalized spacial score (nSPS) is 11.2. The molecule has 0 saturated carbocycles. The molecule has 0 aliphatic rings. The van der Waals surface area contributed by atoms with Crippen molar-refractivity contribution in [2.45, 2.75) is 51.9 Å². The first-order valence-corrected chi connectivity index (χ1v) is 10.3. The number of carbonyl (C=O) groups excluding carboxylic acids is 4. The molecule has 0 atom stereocenters. The average molecular weight is 432 g/mol. The first-order chi connectivity index (χ1) is 14.3. The second kappa shape index (κ2) is 17.8. The summed E-state index contributed by atoms with van der Waals surface area (Å²) in [5.74, 6) is -1.12. The van der Waals surface area contributed by atoms with Crippen molar-refractivity contribution in [1.82, 2.24) is 5.32 Å². The van der Waals surface area contributed by atoms with Gasteiger partial charge in [-0.1, -0.05) is 19.8 Å². The summed E-state index contributed by atoms with van der Waals surface area (Å²) in [5.41, 5.74) is 9.61. The summed E-state index contributed by atoms with van der Waals surface area (Å²) in [6, 6.07) is 0. The summed E-state index contributed by atoms with van der Waals surface area (Å²) < 4.78 is 16.5. The molecule has 0 saturated heterocycles. The van der Waals surface area contributed by atoms with Crippen molar-refractivity contribution in [1.29, 1.82) is 0 Å². The fourth-order valence-electron chi connectivity index (χ4n) is 2.48. The van der Waals surface area contributed by atoms with Crippen molar-refractivity contribution in [3.05, 3.63) is 0 Å². The van der Waals surface area contributed by atoms with Crippen LogP contribution >= 0.6 is 0 Å². The lowest BCUT2D eigenvalue weighted by molar-refractivity contribution is -0.130. The maximum atomic E-state index is 11.9. The molecule has 10 heteroatoms. The van der Waals surface area contributed by atoms with Gasteiger partial charge in [0.25, 0.3) is 0 Å². The van der Waals surface area contributed by atoms with Crippen molar-refractivity contribution in [3.63, 3.8) is 0 Å². The van der Waals surface area contributed by atoms with Gasteiger partial charge in [0.2, 0.25) is 17.7 Å². The highest BCUT2D eigenvalue weighted by Crippen LogP contribution is 2.18. The number of nitrogens with two attached hydrogens (primary N) is 2. The van der Waals surface area contributed by atoms with E-state index in [0.29, 0.717) is 13.0 Å². The summed E-state index contributed by atoms with van der Waals surface area (Å²) in [6.45, 7) is 3.35. The summed E-state index contributed by atoms with van der Waals surface area (Å²) in [4.78, 5) is 43.7. The zero-order chi connectivity index (χ0) is 22.7. The van der Waals surface area contributed by atoms with E-state index in [1.165, 1.54) is 0 Å². The van der Waals surface area contributed by atoms with E-state index in [-0.39, 0.29) is 58.4 Å². The molecule has 0 aliphatic carbocycles. The zero-order valence-corrected chi connectivity index (χ0v) is 18.0. The van der Waals surface area contributed by atoms with Gasteiger partial charge in [-0.2, -0.15) is 0 Å². The minimum absolute atomic E-state index is 0.0939. The molecule has 0 fully saturated rings. The molecule has 10 nitrogen and oxygen atoms in total. The molecule has 174 valence electrons. The van der Waals surface area contributed by atoms with Gasteiger partial charge in [0.15, 0.2) is 0 Å². The summed E-state index contributed by atoms with van der Waals surface area (Å²) in [6.07, 6.45) is 5.36. The van der Waals surface area contributed by atoms with Crippen LogP contribution in [-0.2, 0) is 33.4 Å². The van der Waals surface area contributed by atoms with Crippen molar-refractivity contribution in [2.75, 3.05) is 46.2 Å². The number of amides is 3. The van der Waals surface area contributed by atoms with Crippen LogP contribution in [0.2, 0.25) is 0 Å². The second-order valence-corrected chi connectivity index (χ2v) is 7.56. The third-order valence-corrected chi connectivity index (χ3v) is 4.14. The largest absolute Gasteiger partial charge is 0.380 e. The predicted molar refractivity (Wildman–Crippen MR) is 110 cm³/mol. The Morgan fingerprint density at radius 2 is 1.40 bits per heavy atom. The van der Waals surface area contributed by atoms with Gasteiger partial charge in [0, 0.05) is 31.2 Å². The number of hydrogen-bond donors (Lipinski definition) is 3. The number of hydrogen-bond acceptors (Lipinski definition) is 7. The van der Waals surface area contributed by atoms with Crippen LogP contribution in [0.25, 0.3) is 0 Å². The van der Waals surface area contributed by atoms with Gasteiger partial charge in [0.05, 0.1) is 33.0 Å². The first kappa shape index (κ1) is 28.0. The summed E-state index contributed by atoms with van der Waals surface area (Å²) in [5, 5.41) is 2.79. The second-order valence-electron chi connectivity index (χ2n) is 7.56. The molecule has 0 aromatic carbocycles. The topological polar surface area (TPSA) is 160 Å². The van der Waals surface area contributed by atoms with Crippen LogP contribution in [0.1, 0.15) is 51.9 Å². The Kier molecular flexibility index (Phi) is 16.6. The Morgan fingerprint density at radius 1 is 0.867 bits per heavy atom. The Bertz CT molecular complexity index is 493. The van der Waals surface area contributed by atoms with Crippen molar-refractivity contribution >= 4 is 24.0 Å². The fraction of sp³-hybridized carbons (Fsp3) is 0.800. The van der Waals surface area contributed by atoms with Crippen molar-refractivity contribution in [3.8, 4) is 0 Å². The van der Waals surface area contributed by atoms with Crippen molar-refractivity contribution in [2.24, 2.45) is 16.9 Å². The predicted octanol–water partition coefficient (Wildman–Crippen LogP) is 0.0589. The molecule has 0 radical (unpaired) electrons. The Balaban J connectivity index is 4.17. The molecule has 0 bridgehead atoms. The highest BCUT2D eigenvalue weighted by atomic mass is 16.5. The average Bonchev–Trinajstić information content (AvgIpc) is 2.68. The van der Waals surface area contributed by atoms with Gasteiger partial charge >= 0.3 is 0 Å². The molecule has 0 aromatic heterocycles. The minimum Gasteiger partial charge on any atom is -0.380 e. The molecule has 0 heterocycles. The fourth-order valence-corrected chi connectivity index (χ4v) is 2.48. The van der Waals surface area contributed by atoms with Gasteiger partial charge in [0.1, 0.15) is 12.9 Å². The molecule has 5 N–H and O–H groups in total. The number of aldehydes is 1. The van der Waals surface area contributed by atoms with Crippen molar-refractivity contribution < 1.29 is 33.4 Å². The monoisotopic (exact) mass is 431 g/mol. The van der Waals surface area contributed by atoms with Crippen LogP contribution in [-0.4, -0.2) is 70.2 Å². The van der Waals surface area contributed by atoms with Gasteiger partial charge in [-0.15, -0.1) is 0 Å². The SMILES string of the molecule is CC(COCCC(N)=O)(COCCC(N)=O)COCC(=O)NCCCCCCC=O. The molecule has 0 rings (SSSR count). The maximum Gasteiger partial charge on any atom is 0.245 e. The van der Waals surface area contributed by atoms with Crippen LogP contribution in [0.5, 0.6) is 0 Å². The smallest absolute Gasteiger partial charge is 0.245 e. The van der Waals surface area contributed by atoms with E-state index in [9.17, 15) is 19.2 Å². The van der Waals surface area contributed by atoms with Crippen LogP contribution < -0.4 is 16.8 Å². The van der Waals surface area contributed by atoms with E-state index in [2.05, 4.69) is 5.32 Å². The summed E-state index contributed by atoms with van der Waals surface area (Å²) in [7, 11) is 0. The van der Waals surface area contributed by atoms with E-state index in [1.807, 2.05) is 6.92 Å². The Labute approximate surface area is 178 Å². The van der Waals surface area contributed by atoms with E-state index >= 15 is 0 Å². The molecular weight excluding hydrogens is 394 g/mol. The maximum absolute atomic E-state index is 11.9.